The topological polar surface area (TPSA) is 30.8 Å². The molecular weight excluding hydrogens is 378 g/mol. The van der Waals surface area contributed by atoms with Crippen LogP contribution in [0.25, 0.3) is 0 Å². The average molecular weight is 402 g/mol. The molecule has 0 amide bonds. The van der Waals surface area contributed by atoms with Crippen LogP contribution in [0.5, 0.6) is 11.5 Å². The Balaban J connectivity index is 1.67. The highest BCUT2D eigenvalue weighted by molar-refractivity contribution is 7.99. The van der Waals surface area contributed by atoms with Crippen molar-refractivity contribution in [1.29, 1.82) is 0 Å². The molecule has 0 fully saturated rings. The van der Waals surface area contributed by atoms with Crippen LogP contribution < -0.4 is 9.47 Å². The lowest BCUT2D eigenvalue weighted by Gasteiger charge is -2.31. The van der Waals surface area contributed by atoms with Crippen molar-refractivity contribution < 1.29 is 9.47 Å². The van der Waals surface area contributed by atoms with Gasteiger partial charge in [0.15, 0.2) is 11.5 Å². The number of ether oxygens (including phenoxy) is 2. The molecule has 1 heterocycles. The van der Waals surface area contributed by atoms with Gasteiger partial charge in [-0.3, -0.25) is 4.99 Å². The van der Waals surface area contributed by atoms with Crippen LogP contribution >= 0.6 is 11.8 Å². The summed E-state index contributed by atoms with van der Waals surface area (Å²) in [5.74, 6) is 1.89. The number of benzene rings is 3. The van der Waals surface area contributed by atoms with Crippen molar-refractivity contribution in [2.45, 2.75) is 23.0 Å². The molecular formula is C25H23NO2S. The summed E-state index contributed by atoms with van der Waals surface area (Å²) in [6.45, 7) is 0. The van der Waals surface area contributed by atoms with Gasteiger partial charge in [0.05, 0.1) is 25.6 Å². The number of thioether (sulfide) groups is 1. The summed E-state index contributed by atoms with van der Waals surface area (Å²) in [7, 11) is 3.37. The third kappa shape index (κ3) is 3.22. The van der Waals surface area contributed by atoms with Crippen LogP contribution in [0.15, 0.2) is 76.6 Å². The van der Waals surface area contributed by atoms with Crippen molar-refractivity contribution in [1.82, 2.24) is 0 Å². The van der Waals surface area contributed by atoms with Crippen LogP contribution in [-0.4, -0.2) is 19.9 Å². The van der Waals surface area contributed by atoms with Crippen LogP contribution in [0.3, 0.4) is 0 Å². The second kappa shape index (κ2) is 7.60. The summed E-state index contributed by atoms with van der Waals surface area (Å²) in [5.41, 5.74) is 6.23. The second-order valence-electron chi connectivity index (χ2n) is 7.42. The van der Waals surface area contributed by atoms with Crippen molar-refractivity contribution in [3.8, 4) is 11.5 Å². The molecule has 2 aliphatic rings. The first kappa shape index (κ1) is 18.3. The molecule has 0 unspecified atom stereocenters. The Bertz CT molecular complexity index is 1090. The first-order valence-electron chi connectivity index (χ1n) is 9.93. The van der Waals surface area contributed by atoms with Gasteiger partial charge >= 0.3 is 0 Å². The van der Waals surface area contributed by atoms with E-state index in [1.54, 1.807) is 14.2 Å². The van der Waals surface area contributed by atoms with Crippen molar-refractivity contribution in [2.75, 3.05) is 14.2 Å². The largest absolute Gasteiger partial charge is 0.493 e. The Morgan fingerprint density at radius 3 is 2.55 bits per heavy atom. The minimum absolute atomic E-state index is 0.269. The molecule has 3 aromatic rings. The molecule has 0 N–H and O–H groups in total. The first-order chi connectivity index (χ1) is 14.3. The van der Waals surface area contributed by atoms with E-state index in [1.165, 1.54) is 27.3 Å². The van der Waals surface area contributed by atoms with E-state index in [-0.39, 0.29) is 5.25 Å². The van der Waals surface area contributed by atoms with Crippen molar-refractivity contribution in [2.24, 2.45) is 10.9 Å². The van der Waals surface area contributed by atoms with Crippen LogP contribution in [0.1, 0.15) is 28.4 Å². The maximum absolute atomic E-state index is 5.60. The number of aliphatic imine (C=N–C) groups is 1. The summed E-state index contributed by atoms with van der Waals surface area (Å²) in [4.78, 5) is 6.42. The SMILES string of the molecule is COc1ccc([C@@H]2Sc3ccccc3N=C3c4ccccc4CC[C@@H]32)cc1OC. The summed E-state index contributed by atoms with van der Waals surface area (Å²) in [6, 6.07) is 23.5. The maximum atomic E-state index is 5.60. The quantitative estimate of drug-likeness (QED) is 0.521. The fraction of sp³-hybridized carbons (Fsp3) is 0.240. The van der Waals surface area contributed by atoms with Crippen LogP contribution in [0.4, 0.5) is 5.69 Å². The third-order valence-corrected chi connectivity index (χ3v) is 7.28. The summed E-state index contributed by atoms with van der Waals surface area (Å²) in [5, 5.41) is 0.269. The van der Waals surface area contributed by atoms with Crippen molar-refractivity contribution in [3.63, 3.8) is 0 Å². The van der Waals surface area contributed by atoms with Gasteiger partial charge in [0.1, 0.15) is 0 Å². The molecule has 0 radical (unpaired) electrons. The standard InChI is InChI=1S/C25H23NO2S/c1-27-21-14-12-17(15-22(21)28-2)25-19-13-11-16-7-3-4-8-18(16)24(19)26-20-9-5-6-10-23(20)29-25/h3-10,12,14-15,19,25H,11,13H2,1-2H3/t19-,25-/m0/s1. The average Bonchev–Trinajstić information content (AvgIpc) is 2.95. The van der Waals surface area contributed by atoms with Crippen molar-refractivity contribution >= 4 is 23.2 Å². The second-order valence-corrected chi connectivity index (χ2v) is 8.60. The van der Waals surface area contributed by atoms with E-state index in [0.717, 1.165) is 30.0 Å². The van der Waals surface area contributed by atoms with Gasteiger partial charge in [-0.15, -0.1) is 11.8 Å². The van der Waals surface area contributed by atoms with E-state index in [2.05, 4.69) is 60.7 Å². The molecule has 29 heavy (non-hydrogen) atoms. The Morgan fingerprint density at radius 1 is 0.897 bits per heavy atom. The zero-order chi connectivity index (χ0) is 19.8. The van der Waals surface area contributed by atoms with Crippen LogP contribution in [-0.2, 0) is 6.42 Å². The fourth-order valence-corrected chi connectivity index (χ4v) is 5.78. The molecule has 146 valence electrons. The predicted molar refractivity (Wildman–Crippen MR) is 119 cm³/mol. The van der Waals surface area contributed by atoms with Gasteiger partial charge in [0.2, 0.25) is 0 Å². The summed E-state index contributed by atoms with van der Waals surface area (Å²) in [6.07, 6.45) is 2.18. The molecule has 0 bridgehead atoms. The molecule has 4 heteroatoms. The zero-order valence-electron chi connectivity index (χ0n) is 16.6. The molecule has 0 spiro atoms. The van der Waals surface area contributed by atoms with Crippen LogP contribution in [0.2, 0.25) is 0 Å². The number of para-hydroxylation sites is 1. The minimum atomic E-state index is 0.269. The molecule has 1 aliphatic heterocycles. The predicted octanol–water partition coefficient (Wildman–Crippen LogP) is 6.23. The van der Waals surface area contributed by atoms with Gasteiger partial charge < -0.3 is 9.47 Å². The van der Waals surface area contributed by atoms with Gasteiger partial charge in [-0.25, -0.2) is 0 Å². The van der Waals surface area contributed by atoms with Gasteiger partial charge in [-0.1, -0.05) is 42.5 Å². The monoisotopic (exact) mass is 401 g/mol. The molecule has 0 saturated heterocycles. The highest BCUT2D eigenvalue weighted by Gasteiger charge is 2.36. The molecule has 5 rings (SSSR count). The van der Waals surface area contributed by atoms with Gasteiger partial charge in [0.25, 0.3) is 0 Å². The molecule has 3 aromatic carbocycles. The van der Waals surface area contributed by atoms with E-state index in [1.807, 2.05) is 17.8 Å². The number of methoxy groups -OCH3 is 2. The third-order valence-electron chi connectivity index (χ3n) is 5.83. The van der Waals surface area contributed by atoms with E-state index in [9.17, 15) is 0 Å². The van der Waals surface area contributed by atoms with E-state index in [0.29, 0.717) is 5.92 Å². The lowest BCUT2D eigenvalue weighted by atomic mass is 9.78. The molecule has 3 nitrogen and oxygen atoms in total. The number of nitrogens with zero attached hydrogens (tertiary/aromatic N) is 1. The van der Waals surface area contributed by atoms with Crippen molar-refractivity contribution in [3.05, 3.63) is 83.4 Å². The number of hydrogen-bond acceptors (Lipinski definition) is 4. The number of fused-ring (bicyclic) bond motifs is 4. The van der Waals surface area contributed by atoms with E-state index >= 15 is 0 Å². The molecule has 1 aliphatic carbocycles. The summed E-state index contributed by atoms with van der Waals surface area (Å²) < 4.78 is 11.1. The highest BCUT2D eigenvalue weighted by atomic mass is 32.2. The Kier molecular flexibility index (Phi) is 4.80. The van der Waals surface area contributed by atoms with Gasteiger partial charge in [0, 0.05) is 16.1 Å². The summed E-state index contributed by atoms with van der Waals surface area (Å²) >= 11 is 1.91. The van der Waals surface area contributed by atoms with E-state index in [4.69, 9.17) is 14.5 Å². The molecule has 2 atom stereocenters. The molecule has 0 saturated carbocycles. The normalized spacial score (nSPS) is 19.9. The minimum Gasteiger partial charge on any atom is -0.493 e. The lowest BCUT2D eigenvalue weighted by Crippen LogP contribution is -2.27. The Labute approximate surface area is 175 Å². The van der Waals surface area contributed by atoms with Gasteiger partial charge in [-0.2, -0.15) is 0 Å². The maximum Gasteiger partial charge on any atom is 0.161 e. The van der Waals surface area contributed by atoms with Crippen LogP contribution in [0, 0.1) is 5.92 Å². The van der Waals surface area contributed by atoms with Gasteiger partial charge in [-0.05, 0) is 53.8 Å². The highest BCUT2D eigenvalue weighted by Crippen LogP contribution is 2.51. The number of hydrogen-bond donors (Lipinski definition) is 0. The van der Waals surface area contributed by atoms with E-state index < -0.39 is 0 Å². The number of aryl methyl sites for hydroxylation is 1. The lowest BCUT2D eigenvalue weighted by molar-refractivity contribution is 0.354. The smallest absolute Gasteiger partial charge is 0.161 e. The number of rotatable bonds is 3. The zero-order valence-corrected chi connectivity index (χ0v) is 17.4. The fourth-order valence-electron chi connectivity index (χ4n) is 4.40. The Hall–Kier alpha value is -2.72. The first-order valence-corrected chi connectivity index (χ1v) is 10.8. The molecule has 0 aromatic heterocycles. The Morgan fingerprint density at radius 2 is 1.69 bits per heavy atom.